The summed E-state index contributed by atoms with van der Waals surface area (Å²) in [6.07, 6.45) is 6.00. The summed E-state index contributed by atoms with van der Waals surface area (Å²) in [4.78, 5) is 32.0. The van der Waals surface area contributed by atoms with Crippen molar-refractivity contribution in [2.24, 2.45) is 5.92 Å². The molecule has 1 aliphatic carbocycles. The molecular formula is C27H34N2O5S. The predicted octanol–water partition coefficient (Wildman–Crippen LogP) is 4.51. The Morgan fingerprint density at radius 2 is 1.83 bits per heavy atom. The van der Waals surface area contributed by atoms with Crippen molar-refractivity contribution in [2.45, 2.75) is 64.6 Å². The average molecular weight is 499 g/mol. The summed E-state index contributed by atoms with van der Waals surface area (Å²) in [5.74, 6) is 1.54. The van der Waals surface area contributed by atoms with Crippen LogP contribution in [0.15, 0.2) is 29.6 Å². The number of thiophene rings is 1. The molecule has 3 aliphatic rings. The van der Waals surface area contributed by atoms with Crippen molar-refractivity contribution in [3.63, 3.8) is 0 Å². The molecule has 0 bridgehead atoms. The molecular weight excluding hydrogens is 464 g/mol. The van der Waals surface area contributed by atoms with E-state index in [1.807, 2.05) is 23.1 Å². The van der Waals surface area contributed by atoms with Gasteiger partial charge < -0.3 is 24.0 Å². The zero-order chi connectivity index (χ0) is 24.2. The third-order valence-corrected chi connectivity index (χ3v) is 8.26. The summed E-state index contributed by atoms with van der Waals surface area (Å²) in [5.41, 5.74) is 2.15. The highest BCUT2D eigenvalue weighted by Gasteiger charge is 2.32. The van der Waals surface area contributed by atoms with Crippen LogP contribution in [-0.2, 0) is 27.4 Å². The highest BCUT2D eigenvalue weighted by Crippen LogP contribution is 2.33. The first kappa shape index (κ1) is 24.1. The molecule has 3 heterocycles. The Hall–Kier alpha value is -2.58. The number of hydrogen-bond donors (Lipinski definition) is 0. The van der Waals surface area contributed by atoms with E-state index in [2.05, 4.69) is 18.4 Å². The van der Waals surface area contributed by atoms with Crippen molar-refractivity contribution in [2.75, 3.05) is 26.5 Å². The lowest BCUT2D eigenvalue weighted by Gasteiger charge is -2.30. The van der Waals surface area contributed by atoms with Gasteiger partial charge in [0.1, 0.15) is 0 Å². The van der Waals surface area contributed by atoms with Gasteiger partial charge in [0.2, 0.25) is 18.6 Å². The molecule has 1 saturated carbocycles. The summed E-state index contributed by atoms with van der Waals surface area (Å²) in [5, 5.41) is 2.06. The molecule has 1 aromatic heterocycles. The second kappa shape index (κ2) is 11.0. The fraction of sp³-hybridized carbons (Fsp3) is 0.556. The van der Waals surface area contributed by atoms with Crippen LogP contribution in [0.25, 0.3) is 0 Å². The molecule has 1 unspecified atom stereocenters. The van der Waals surface area contributed by atoms with E-state index in [-0.39, 0.29) is 37.2 Å². The molecule has 1 saturated heterocycles. The van der Waals surface area contributed by atoms with E-state index in [0.717, 1.165) is 61.3 Å². The Morgan fingerprint density at radius 3 is 2.57 bits per heavy atom. The van der Waals surface area contributed by atoms with Crippen LogP contribution >= 0.6 is 11.3 Å². The molecule has 5 rings (SSSR count). The number of amides is 2. The minimum Gasteiger partial charge on any atom is -0.454 e. The first-order chi connectivity index (χ1) is 17.1. The molecule has 35 heavy (non-hydrogen) atoms. The quantitative estimate of drug-likeness (QED) is 0.509. The Bertz CT molecular complexity index is 1040. The second-order valence-electron chi connectivity index (χ2n) is 9.80. The van der Waals surface area contributed by atoms with E-state index in [1.54, 1.807) is 16.2 Å². The van der Waals surface area contributed by atoms with Crippen molar-refractivity contribution < 1.29 is 23.8 Å². The minimum absolute atomic E-state index is 0.0232. The zero-order valence-electron chi connectivity index (χ0n) is 20.4. The van der Waals surface area contributed by atoms with Gasteiger partial charge in [0, 0.05) is 30.5 Å². The van der Waals surface area contributed by atoms with Crippen LogP contribution in [0.4, 0.5) is 0 Å². The van der Waals surface area contributed by atoms with Crippen LogP contribution in [0.2, 0.25) is 0 Å². The summed E-state index contributed by atoms with van der Waals surface area (Å²) < 4.78 is 16.8. The summed E-state index contributed by atoms with van der Waals surface area (Å²) >= 11 is 1.66. The van der Waals surface area contributed by atoms with Crippen LogP contribution < -0.4 is 9.47 Å². The topological polar surface area (TPSA) is 68.3 Å². The normalized spacial score (nSPS) is 19.3. The monoisotopic (exact) mass is 498 g/mol. The lowest BCUT2D eigenvalue weighted by Crippen LogP contribution is -2.47. The standard InChI is InChI=1S/C27H34N2O5S/c1-19-10-12-35-25(19)16-28(14-20-8-9-23-24(13-20)34-18-33-23)26(30)17-29(15-22-7-4-11-32-22)27(31)21-5-2-3-6-21/h8-10,12-13,21-22H,2-7,11,14-18H2,1H3. The third kappa shape index (κ3) is 5.81. The molecule has 2 aromatic rings. The largest absolute Gasteiger partial charge is 0.454 e. The lowest BCUT2D eigenvalue weighted by molar-refractivity contribution is -0.144. The first-order valence-electron chi connectivity index (χ1n) is 12.7. The SMILES string of the molecule is Cc1ccsc1CN(Cc1ccc2c(c1)OCO2)C(=O)CN(CC1CCCO1)C(=O)C1CCCC1. The number of carbonyl (C=O) groups is 2. The molecule has 188 valence electrons. The smallest absolute Gasteiger partial charge is 0.242 e. The van der Waals surface area contributed by atoms with Crippen molar-refractivity contribution in [3.8, 4) is 11.5 Å². The van der Waals surface area contributed by atoms with E-state index in [0.29, 0.717) is 25.4 Å². The van der Waals surface area contributed by atoms with Gasteiger partial charge in [0.25, 0.3) is 0 Å². The minimum atomic E-state index is -0.0418. The number of hydrogen-bond acceptors (Lipinski definition) is 6. The fourth-order valence-electron chi connectivity index (χ4n) is 5.19. The van der Waals surface area contributed by atoms with E-state index < -0.39 is 0 Å². The van der Waals surface area contributed by atoms with Crippen molar-refractivity contribution in [1.29, 1.82) is 0 Å². The van der Waals surface area contributed by atoms with Gasteiger partial charge in [0.05, 0.1) is 19.2 Å². The Morgan fingerprint density at radius 1 is 1.00 bits per heavy atom. The fourth-order valence-corrected chi connectivity index (χ4v) is 6.11. The van der Waals surface area contributed by atoms with Gasteiger partial charge in [0.15, 0.2) is 11.5 Å². The maximum absolute atomic E-state index is 13.8. The van der Waals surface area contributed by atoms with Crippen molar-refractivity contribution >= 4 is 23.2 Å². The molecule has 1 aromatic carbocycles. The second-order valence-corrected chi connectivity index (χ2v) is 10.8. The van der Waals surface area contributed by atoms with Crippen LogP contribution in [0.5, 0.6) is 11.5 Å². The van der Waals surface area contributed by atoms with Crippen LogP contribution in [0, 0.1) is 12.8 Å². The van der Waals surface area contributed by atoms with Crippen molar-refractivity contribution in [1.82, 2.24) is 9.80 Å². The number of benzene rings is 1. The van der Waals surface area contributed by atoms with Crippen molar-refractivity contribution in [3.05, 3.63) is 45.6 Å². The maximum atomic E-state index is 13.8. The van der Waals surface area contributed by atoms with Gasteiger partial charge in [-0.1, -0.05) is 18.9 Å². The number of rotatable bonds is 9. The molecule has 8 heteroatoms. The Kier molecular flexibility index (Phi) is 7.58. The highest BCUT2D eigenvalue weighted by atomic mass is 32.1. The van der Waals surface area contributed by atoms with Gasteiger partial charge in [-0.25, -0.2) is 0 Å². The zero-order valence-corrected chi connectivity index (χ0v) is 21.2. The molecule has 2 fully saturated rings. The third-order valence-electron chi connectivity index (χ3n) is 7.26. The lowest BCUT2D eigenvalue weighted by atomic mass is 10.1. The predicted molar refractivity (Wildman–Crippen MR) is 133 cm³/mol. The van der Waals surface area contributed by atoms with Gasteiger partial charge in [-0.15, -0.1) is 11.3 Å². The number of nitrogens with zero attached hydrogens (tertiary/aromatic N) is 2. The number of carbonyl (C=O) groups excluding carboxylic acids is 2. The number of aryl methyl sites for hydroxylation is 1. The van der Waals surface area contributed by atoms with Gasteiger partial charge >= 0.3 is 0 Å². The van der Waals surface area contributed by atoms with Crippen LogP contribution in [0.3, 0.4) is 0 Å². The molecule has 2 aliphatic heterocycles. The summed E-state index contributed by atoms with van der Waals surface area (Å²) in [6, 6.07) is 7.89. The van der Waals surface area contributed by atoms with Crippen LogP contribution in [0.1, 0.15) is 54.5 Å². The Labute approximate surface area is 210 Å². The van der Waals surface area contributed by atoms with Gasteiger partial charge in [-0.05, 0) is 67.3 Å². The molecule has 1 atom stereocenters. The molecule has 0 radical (unpaired) electrons. The van der Waals surface area contributed by atoms with Crippen LogP contribution in [-0.4, -0.2) is 54.2 Å². The molecule has 0 N–H and O–H groups in total. The first-order valence-corrected chi connectivity index (χ1v) is 13.5. The average Bonchev–Trinajstić information content (AvgIpc) is 3.66. The summed E-state index contributed by atoms with van der Waals surface area (Å²) in [6.45, 7) is 4.57. The van der Waals surface area contributed by atoms with E-state index in [4.69, 9.17) is 14.2 Å². The molecule has 7 nitrogen and oxygen atoms in total. The van der Waals surface area contributed by atoms with E-state index in [9.17, 15) is 9.59 Å². The van der Waals surface area contributed by atoms with E-state index in [1.165, 1.54) is 5.56 Å². The maximum Gasteiger partial charge on any atom is 0.242 e. The molecule has 2 amide bonds. The number of ether oxygens (including phenoxy) is 3. The number of fused-ring (bicyclic) bond motifs is 1. The van der Waals surface area contributed by atoms with E-state index >= 15 is 0 Å². The van der Waals surface area contributed by atoms with Gasteiger partial charge in [-0.2, -0.15) is 0 Å². The summed E-state index contributed by atoms with van der Waals surface area (Å²) in [7, 11) is 0. The van der Waals surface area contributed by atoms with Gasteiger partial charge in [-0.3, -0.25) is 9.59 Å². The Balaban J connectivity index is 1.34. The highest BCUT2D eigenvalue weighted by molar-refractivity contribution is 7.10. The molecule has 0 spiro atoms.